The van der Waals surface area contributed by atoms with Crippen LogP contribution in [0.15, 0.2) is 12.1 Å². The zero-order valence-electron chi connectivity index (χ0n) is 8.74. The molecule has 1 aliphatic carbocycles. The molecular weight excluding hydrogens is 188 g/mol. The summed E-state index contributed by atoms with van der Waals surface area (Å²) in [7, 11) is 0. The maximum Gasteiger partial charge on any atom is 0.148 e. The molecule has 1 aliphatic heterocycles. The summed E-state index contributed by atoms with van der Waals surface area (Å²) in [4.78, 5) is 0. The van der Waals surface area contributed by atoms with Gasteiger partial charge in [-0.3, -0.25) is 0 Å². The Balaban J connectivity index is 1.64. The molecule has 80 valence electrons. The van der Waals surface area contributed by atoms with E-state index in [9.17, 15) is 0 Å². The average Bonchev–Trinajstić information content (AvgIpc) is 2.11. The van der Waals surface area contributed by atoms with Gasteiger partial charge in [0.1, 0.15) is 5.82 Å². The first-order valence-corrected chi connectivity index (χ1v) is 5.73. The second-order valence-electron chi connectivity index (χ2n) is 4.47. The number of hydrogen-bond donors (Lipinski definition) is 2. The van der Waals surface area contributed by atoms with E-state index in [1.54, 1.807) is 0 Å². The van der Waals surface area contributed by atoms with Crippen LogP contribution in [0.5, 0.6) is 0 Å². The summed E-state index contributed by atoms with van der Waals surface area (Å²) in [5, 5.41) is 15.1. The first kappa shape index (κ1) is 9.09. The summed E-state index contributed by atoms with van der Waals surface area (Å²) >= 11 is 0. The van der Waals surface area contributed by atoms with E-state index in [0.29, 0.717) is 12.0 Å². The molecule has 0 amide bonds. The molecule has 2 N–H and O–H groups in total. The van der Waals surface area contributed by atoms with Crippen LogP contribution < -0.4 is 10.6 Å². The average molecular weight is 204 g/mol. The van der Waals surface area contributed by atoms with E-state index in [-0.39, 0.29) is 0 Å². The van der Waals surface area contributed by atoms with Crippen molar-refractivity contribution in [3.05, 3.63) is 17.8 Å². The van der Waals surface area contributed by atoms with Gasteiger partial charge in [-0.1, -0.05) is 6.42 Å². The van der Waals surface area contributed by atoms with E-state index in [4.69, 9.17) is 0 Å². The fraction of sp³-hybridized carbons (Fsp3) is 0.636. The highest BCUT2D eigenvalue weighted by atomic mass is 15.2. The molecule has 3 rings (SSSR count). The highest BCUT2D eigenvalue weighted by Gasteiger charge is 2.21. The first-order valence-electron chi connectivity index (χ1n) is 5.73. The number of hydrogen-bond acceptors (Lipinski definition) is 4. The van der Waals surface area contributed by atoms with E-state index in [2.05, 4.69) is 33.0 Å². The van der Waals surface area contributed by atoms with Gasteiger partial charge in [-0.25, -0.2) is 0 Å². The summed E-state index contributed by atoms with van der Waals surface area (Å²) in [5.41, 5.74) is 1.17. The van der Waals surface area contributed by atoms with Crippen LogP contribution in [0.1, 0.15) is 30.9 Å². The lowest BCUT2D eigenvalue weighted by molar-refractivity contribution is 0.408. The molecule has 0 spiro atoms. The molecule has 15 heavy (non-hydrogen) atoms. The standard InChI is InChI=1S/C11H16N4/c1-2-8(3-1)10-4-5-11(15-14-10)13-9-6-12-7-9/h4-5,8-9,12H,1-3,6-7H2,(H,13,15). The molecule has 1 saturated heterocycles. The minimum absolute atomic E-state index is 0.536. The Hall–Kier alpha value is -1.16. The third-order valence-corrected chi connectivity index (χ3v) is 3.34. The van der Waals surface area contributed by atoms with Gasteiger partial charge >= 0.3 is 0 Å². The van der Waals surface area contributed by atoms with Crippen molar-refractivity contribution in [1.82, 2.24) is 15.5 Å². The normalized spacial score (nSPS) is 21.9. The molecule has 0 atom stereocenters. The summed E-state index contributed by atoms with van der Waals surface area (Å²) < 4.78 is 0. The summed E-state index contributed by atoms with van der Waals surface area (Å²) in [6, 6.07) is 4.71. The van der Waals surface area contributed by atoms with Gasteiger partial charge in [-0.05, 0) is 25.0 Å². The second kappa shape index (κ2) is 3.77. The minimum atomic E-state index is 0.536. The van der Waals surface area contributed by atoms with Gasteiger partial charge < -0.3 is 10.6 Å². The third kappa shape index (κ3) is 1.81. The molecule has 2 fully saturated rings. The van der Waals surface area contributed by atoms with Crippen LogP contribution in [-0.4, -0.2) is 29.3 Å². The molecule has 1 aromatic heterocycles. The van der Waals surface area contributed by atoms with Crippen molar-refractivity contribution in [1.29, 1.82) is 0 Å². The van der Waals surface area contributed by atoms with E-state index in [1.165, 1.54) is 25.0 Å². The number of aromatic nitrogens is 2. The molecule has 2 heterocycles. The predicted octanol–water partition coefficient (Wildman–Crippen LogP) is 1.13. The van der Waals surface area contributed by atoms with Crippen molar-refractivity contribution in [3.63, 3.8) is 0 Å². The molecule has 4 nitrogen and oxygen atoms in total. The van der Waals surface area contributed by atoms with Crippen molar-refractivity contribution in [3.8, 4) is 0 Å². The Morgan fingerprint density at radius 2 is 2.07 bits per heavy atom. The van der Waals surface area contributed by atoms with Crippen LogP contribution in [0.2, 0.25) is 0 Å². The second-order valence-corrected chi connectivity index (χ2v) is 4.47. The first-order chi connectivity index (χ1) is 7.42. The Morgan fingerprint density at radius 1 is 1.20 bits per heavy atom. The fourth-order valence-corrected chi connectivity index (χ4v) is 1.94. The van der Waals surface area contributed by atoms with Crippen molar-refractivity contribution in [2.45, 2.75) is 31.2 Å². The van der Waals surface area contributed by atoms with E-state index in [1.807, 2.05) is 0 Å². The van der Waals surface area contributed by atoms with Crippen LogP contribution in [0.4, 0.5) is 5.82 Å². The maximum atomic E-state index is 4.28. The van der Waals surface area contributed by atoms with Gasteiger partial charge in [-0.15, -0.1) is 5.10 Å². The van der Waals surface area contributed by atoms with Gasteiger partial charge in [0.15, 0.2) is 0 Å². The lowest BCUT2D eigenvalue weighted by Crippen LogP contribution is -2.51. The van der Waals surface area contributed by atoms with Crippen LogP contribution in [0.25, 0.3) is 0 Å². The predicted molar refractivity (Wildman–Crippen MR) is 58.9 cm³/mol. The summed E-state index contributed by atoms with van der Waals surface area (Å²) in [6.07, 6.45) is 3.92. The lowest BCUT2D eigenvalue weighted by Gasteiger charge is -2.28. The van der Waals surface area contributed by atoms with Crippen LogP contribution in [0.3, 0.4) is 0 Å². The van der Waals surface area contributed by atoms with E-state index >= 15 is 0 Å². The molecule has 0 bridgehead atoms. The van der Waals surface area contributed by atoms with Gasteiger partial charge in [0.2, 0.25) is 0 Å². The largest absolute Gasteiger partial charge is 0.363 e. The van der Waals surface area contributed by atoms with Crippen molar-refractivity contribution < 1.29 is 0 Å². The Kier molecular flexibility index (Phi) is 2.29. The van der Waals surface area contributed by atoms with Gasteiger partial charge in [0.25, 0.3) is 0 Å². The van der Waals surface area contributed by atoms with Crippen LogP contribution in [0, 0.1) is 0 Å². The van der Waals surface area contributed by atoms with Crippen LogP contribution >= 0.6 is 0 Å². The van der Waals surface area contributed by atoms with E-state index in [0.717, 1.165) is 18.9 Å². The highest BCUT2D eigenvalue weighted by molar-refractivity contribution is 5.35. The Bertz CT molecular complexity index is 327. The van der Waals surface area contributed by atoms with Crippen molar-refractivity contribution in [2.75, 3.05) is 18.4 Å². The molecule has 1 aromatic rings. The number of anilines is 1. The molecular formula is C11H16N4. The fourth-order valence-electron chi connectivity index (χ4n) is 1.94. The number of nitrogens with zero attached hydrogens (tertiary/aromatic N) is 2. The maximum absolute atomic E-state index is 4.28. The monoisotopic (exact) mass is 204 g/mol. The molecule has 0 unspecified atom stereocenters. The quantitative estimate of drug-likeness (QED) is 0.775. The number of nitrogens with one attached hydrogen (secondary N) is 2. The van der Waals surface area contributed by atoms with Gasteiger partial charge in [0, 0.05) is 19.0 Å². The molecule has 0 radical (unpaired) electrons. The Morgan fingerprint density at radius 3 is 2.53 bits per heavy atom. The van der Waals surface area contributed by atoms with Crippen molar-refractivity contribution >= 4 is 5.82 Å². The van der Waals surface area contributed by atoms with Crippen LogP contribution in [-0.2, 0) is 0 Å². The lowest BCUT2D eigenvalue weighted by atomic mass is 9.83. The SMILES string of the molecule is c1cc(C2CCC2)nnc1NC1CNC1. The zero-order valence-corrected chi connectivity index (χ0v) is 8.74. The molecule has 1 saturated carbocycles. The van der Waals surface area contributed by atoms with E-state index < -0.39 is 0 Å². The Labute approximate surface area is 89.5 Å². The van der Waals surface area contributed by atoms with Gasteiger partial charge in [-0.2, -0.15) is 5.10 Å². The number of rotatable bonds is 3. The molecule has 0 aromatic carbocycles. The smallest absolute Gasteiger partial charge is 0.148 e. The summed E-state index contributed by atoms with van der Waals surface area (Å²) in [6.45, 7) is 2.07. The molecule has 2 aliphatic rings. The van der Waals surface area contributed by atoms with Gasteiger partial charge in [0.05, 0.1) is 11.7 Å². The minimum Gasteiger partial charge on any atom is -0.363 e. The highest BCUT2D eigenvalue weighted by Crippen LogP contribution is 2.34. The third-order valence-electron chi connectivity index (χ3n) is 3.34. The topological polar surface area (TPSA) is 49.8 Å². The summed E-state index contributed by atoms with van der Waals surface area (Å²) in [5.74, 6) is 1.58. The van der Waals surface area contributed by atoms with Crippen molar-refractivity contribution in [2.24, 2.45) is 0 Å². The zero-order chi connectivity index (χ0) is 10.1. The molecule has 4 heteroatoms.